The molecule has 84 valence electrons. The van der Waals surface area contributed by atoms with Crippen molar-refractivity contribution in [2.75, 3.05) is 0 Å². The van der Waals surface area contributed by atoms with Crippen molar-refractivity contribution in [1.29, 1.82) is 0 Å². The van der Waals surface area contributed by atoms with Crippen molar-refractivity contribution in [2.24, 2.45) is 0 Å². The molecule has 1 heterocycles. The first kappa shape index (κ1) is 10.5. The summed E-state index contributed by atoms with van der Waals surface area (Å²) in [7, 11) is 0. The van der Waals surface area contributed by atoms with E-state index in [0.717, 1.165) is 6.07 Å². The molecule has 1 aromatic heterocycles. The molecule has 0 fully saturated rings. The van der Waals surface area contributed by atoms with Crippen molar-refractivity contribution in [3.8, 4) is 5.75 Å². The quantitative estimate of drug-likeness (QED) is 0.756. The van der Waals surface area contributed by atoms with E-state index < -0.39 is 17.4 Å². The second-order valence-electron chi connectivity index (χ2n) is 3.15. The van der Waals surface area contributed by atoms with Gasteiger partial charge in [-0.2, -0.15) is 13.2 Å². The number of fused-ring (bicyclic) bond motifs is 1. The van der Waals surface area contributed by atoms with E-state index in [1.54, 1.807) is 0 Å². The molecule has 0 atom stereocenters. The van der Waals surface area contributed by atoms with Gasteiger partial charge < -0.3 is 9.52 Å². The van der Waals surface area contributed by atoms with Crippen LogP contribution in [0.5, 0.6) is 5.75 Å². The van der Waals surface area contributed by atoms with Crippen LogP contribution in [-0.2, 0) is 6.18 Å². The summed E-state index contributed by atoms with van der Waals surface area (Å²) in [6.45, 7) is 0. The maximum Gasteiger partial charge on any atom is 0.449 e. The van der Waals surface area contributed by atoms with E-state index in [0.29, 0.717) is 6.07 Å². The Bertz CT molecular complexity index is 598. The summed E-state index contributed by atoms with van der Waals surface area (Å²) >= 11 is 0. The van der Waals surface area contributed by atoms with Crippen LogP contribution in [0.25, 0.3) is 11.0 Å². The van der Waals surface area contributed by atoms with Crippen molar-refractivity contribution in [3.05, 3.63) is 40.2 Å². The summed E-state index contributed by atoms with van der Waals surface area (Å²) in [5.41, 5.74) is -1.09. The zero-order valence-electron chi connectivity index (χ0n) is 7.71. The predicted octanol–water partition coefficient (Wildman–Crippen LogP) is 2.52. The largest absolute Gasteiger partial charge is 0.508 e. The molecule has 0 saturated heterocycles. The van der Waals surface area contributed by atoms with E-state index in [9.17, 15) is 18.0 Å². The molecule has 0 aliphatic heterocycles. The van der Waals surface area contributed by atoms with Crippen molar-refractivity contribution in [3.63, 3.8) is 0 Å². The Morgan fingerprint density at radius 2 is 1.88 bits per heavy atom. The fourth-order valence-electron chi connectivity index (χ4n) is 1.28. The van der Waals surface area contributed by atoms with Gasteiger partial charge in [-0.1, -0.05) is 0 Å². The minimum atomic E-state index is -4.72. The number of alkyl halides is 3. The highest BCUT2D eigenvalue weighted by Gasteiger charge is 2.34. The first-order chi connectivity index (χ1) is 7.38. The van der Waals surface area contributed by atoms with E-state index in [2.05, 4.69) is 4.42 Å². The molecule has 0 aliphatic rings. The summed E-state index contributed by atoms with van der Waals surface area (Å²) in [5, 5.41) is 9.06. The first-order valence-electron chi connectivity index (χ1n) is 4.22. The van der Waals surface area contributed by atoms with Crippen molar-refractivity contribution in [1.82, 2.24) is 0 Å². The van der Waals surface area contributed by atoms with Gasteiger partial charge >= 0.3 is 6.18 Å². The Kier molecular flexibility index (Phi) is 2.15. The number of phenolic OH excluding ortho intramolecular Hbond substituents is 1. The molecular formula is C10H5F3O3. The summed E-state index contributed by atoms with van der Waals surface area (Å²) in [6.07, 6.45) is -4.72. The van der Waals surface area contributed by atoms with Gasteiger partial charge in [0, 0.05) is 12.1 Å². The summed E-state index contributed by atoms with van der Waals surface area (Å²) in [5.74, 6) is -1.65. The van der Waals surface area contributed by atoms with Gasteiger partial charge in [-0.15, -0.1) is 0 Å². The Morgan fingerprint density at radius 3 is 2.50 bits per heavy atom. The SMILES string of the molecule is O=c1cc(C(F)(F)F)oc2cc(O)ccc12. The first-order valence-corrected chi connectivity index (χ1v) is 4.22. The molecule has 2 aromatic rings. The number of halogens is 3. The topological polar surface area (TPSA) is 50.4 Å². The highest BCUT2D eigenvalue weighted by molar-refractivity contribution is 5.77. The number of hydrogen-bond donors (Lipinski definition) is 1. The molecule has 6 heteroatoms. The highest BCUT2D eigenvalue weighted by Crippen LogP contribution is 2.30. The number of benzene rings is 1. The van der Waals surface area contributed by atoms with Crippen LogP contribution in [0.1, 0.15) is 5.76 Å². The maximum absolute atomic E-state index is 12.3. The maximum atomic E-state index is 12.3. The molecule has 16 heavy (non-hydrogen) atoms. The molecule has 0 bridgehead atoms. The van der Waals surface area contributed by atoms with Crippen LogP contribution in [-0.4, -0.2) is 5.11 Å². The molecule has 0 spiro atoms. The van der Waals surface area contributed by atoms with Crippen LogP contribution in [0.2, 0.25) is 0 Å². The molecule has 0 radical (unpaired) electrons. The monoisotopic (exact) mass is 230 g/mol. The molecule has 3 nitrogen and oxygen atoms in total. The molecule has 0 unspecified atom stereocenters. The lowest BCUT2D eigenvalue weighted by atomic mass is 10.2. The Balaban J connectivity index is 2.80. The van der Waals surface area contributed by atoms with Gasteiger partial charge in [0.2, 0.25) is 5.76 Å². The summed E-state index contributed by atoms with van der Waals surface area (Å²) in [6, 6.07) is 3.76. The van der Waals surface area contributed by atoms with E-state index in [1.807, 2.05) is 0 Å². The van der Waals surface area contributed by atoms with Gasteiger partial charge in [-0.25, -0.2) is 0 Å². The number of phenols is 1. The van der Waals surface area contributed by atoms with Crippen molar-refractivity contribution < 1.29 is 22.7 Å². The van der Waals surface area contributed by atoms with Gasteiger partial charge in [-0.05, 0) is 12.1 Å². The molecule has 0 aliphatic carbocycles. The summed E-state index contributed by atoms with van der Waals surface area (Å²) in [4.78, 5) is 11.3. The number of aromatic hydroxyl groups is 1. The number of rotatable bonds is 0. The summed E-state index contributed by atoms with van der Waals surface area (Å²) < 4.78 is 41.4. The van der Waals surface area contributed by atoms with Gasteiger partial charge in [0.15, 0.2) is 5.43 Å². The fourth-order valence-corrected chi connectivity index (χ4v) is 1.28. The molecule has 1 aromatic carbocycles. The normalized spacial score (nSPS) is 11.9. The Labute approximate surface area is 86.7 Å². The van der Waals surface area contributed by atoms with Crippen LogP contribution in [0.15, 0.2) is 33.5 Å². The van der Waals surface area contributed by atoms with E-state index in [1.165, 1.54) is 12.1 Å². The van der Waals surface area contributed by atoms with E-state index >= 15 is 0 Å². The number of hydrogen-bond acceptors (Lipinski definition) is 3. The lowest BCUT2D eigenvalue weighted by Crippen LogP contribution is -2.10. The smallest absolute Gasteiger partial charge is 0.449 e. The van der Waals surface area contributed by atoms with Gasteiger partial charge in [-0.3, -0.25) is 4.79 Å². The zero-order valence-corrected chi connectivity index (χ0v) is 7.71. The minimum absolute atomic E-state index is 0.00852. The minimum Gasteiger partial charge on any atom is -0.508 e. The van der Waals surface area contributed by atoms with Gasteiger partial charge in [0.05, 0.1) is 5.39 Å². The second-order valence-corrected chi connectivity index (χ2v) is 3.15. The third kappa shape index (κ3) is 1.73. The fraction of sp³-hybridized carbons (Fsp3) is 0.100. The third-order valence-electron chi connectivity index (χ3n) is 1.99. The molecule has 1 N–H and O–H groups in total. The molecule has 0 amide bonds. The Morgan fingerprint density at radius 1 is 1.19 bits per heavy atom. The van der Waals surface area contributed by atoms with Crippen molar-refractivity contribution in [2.45, 2.75) is 6.18 Å². The van der Waals surface area contributed by atoms with Crippen LogP contribution < -0.4 is 5.43 Å². The van der Waals surface area contributed by atoms with E-state index in [4.69, 9.17) is 5.11 Å². The van der Waals surface area contributed by atoms with Crippen LogP contribution >= 0.6 is 0 Å². The average molecular weight is 230 g/mol. The van der Waals surface area contributed by atoms with Gasteiger partial charge in [0.1, 0.15) is 11.3 Å². The molecular weight excluding hydrogens is 225 g/mol. The van der Waals surface area contributed by atoms with Crippen LogP contribution in [0.3, 0.4) is 0 Å². The van der Waals surface area contributed by atoms with Crippen LogP contribution in [0, 0.1) is 0 Å². The standard InChI is InChI=1S/C10H5F3O3/c11-10(12,13)9-4-7(15)6-2-1-5(14)3-8(6)16-9/h1-4,14H. The second kappa shape index (κ2) is 3.26. The Hall–Kier alpha value is -1.98. The lowest BCUT2D eigenvalue weighted by Gasteiger charge is -2.06. The van der Waals surface area contributed by atoms with Gasteiger partial charge in [0.25, 0.3) is 0 Å². The average Bonchev–Trinajstić information content (AvgIpc) is 2.15. The van der Waals surface area contributed by atoms with Crippen LogP contribution in [0.4, 0.5) is 13.2 Å². The zero-order chi connectivity index (χ0) is 11.9. The van der Waals surface area contributed by atoms with E-state index in [-0.39, 0.29) is 16.7 Å². The molecule has 0 saturated carbocycles. The third-order valence-corrected chi connectivity index (χ3v) is 1.99. The highest BCUT2D eigenvalue weighted by atomic mass is 19.4. The predicted molar refractivity (Wildman–Crippen MR) is 49.2 cm³/mol. The molecule has 2 rings (SSSR count). The van der Waals surface area contributed by atoms with Crippen molar-refractivity contribution >= 4 is 11.0 Å². The lowest BCUT2D eigenvalue weighted by molar-refractivity contribution is -0.152.